The summed E-state index contributed by atoms with van der Waals surface area (Å²) in [6, 6.07) is 11.3. The van der Waals surface area contributed by atoms with E-state index in [9.17, 15) is 4.79 Å². The molecule has 0 saturated heterocycles. The third kappa shape index (κ3) is 3.57. The summed E-state index contributed by atoms with van der Waals surface area (Å²) in [7, 11) is 1.83. The fourth-order valence-corrected chi connectivity index (χ4v) is 2.93. The summed E-state index contributed by atoms with van der Waals surface area (Å²) in [6.07, 6.45) is 4.33. The summed E-state index contributed by atoms with van der Waals surface area (Å²) in [6.45, 7) is 3.92. The Morgan fingerprint density at radius 2 is 2.00 bits per heavy atom. The van der Waals surface area contributed by atoms with E-state index < -0.39 is 0 Å². The van der Waals surface area contributed by atoms with Crippen molar-refractivity contribution in [3.05, 3.63) is 65.7 Å². The summed E-state index contributed by atoms with van der Waals surface area (Å²) in [5.41, 5.74) is 2.52. The van der Waals surface area contributed by atoms with Gasteiger partial charge in [0.1, 0.15) is 5.82 Å². The number of hydrogen-bond acceptors (Lipinski definition) is 4. The number of nitrogens with one attached hydrogen (secondary N) is 1. The number of nitrogens with zero attached hydrogens (tertiary/aromatic N) is 4. The highest BCUT2D eigenvalue weighted by atomic mass is 16.2. The number of pyridine rings is 1. The van der Waals surface area contributed by atoms with E-state index in [1.807, 2.05) is 50.4 Å². The minimum Gasteiger partial charge on any atom is -0.335 e. The van der Waals surface area contributed by atoms with Gasteiger partial charge in [-0.3, -0.25) is 14.9 Å². The van der Waals surface area contributed by atoms with Gasteiger partial charge in [0.05, 0.1) is 6.04 Å². The fraction of sp³-hybridized carbons (Fsp3) is 0.263. The minimum atomic E-state index is -0.0298. The normalized spacial score (nSPS) is 12.0. The van der Waals surface area contributed by atoms with E-state index in [2.05, 4.69) is 27.1 Å². The van der Waals surface area contributed by atoms with Gasteiger partial charge in [0.25, 0.3) is 5.91 Å². The number of amides is 1. The average molecular weight is 335 g/mol. The lowest BCUT2D eigenvalue weighted by atomic mass is 10.0. The third-order valence-electron chi connectivity index (χ3n) is 4.23. The van der Waals surface area contributed by atoms with E-state index in [4.69, 9.17) is 0 Å². The van der Waals surface area contributed by atoms with E-state index in [1.165, 1.54) is 0 Å². The highest BCUT2D eigenvalue weighted by Crippen LogP contribution is 2.25. The molecule has 0 bridgehead atoms. The quantitative estimate of drug-likeness (QED) is 0.775. The number of aromatic nitrogens is 4. The number of aryl methyl sites for hydroxylation is 1. The first kappa shape index (κ1) is 16.8. The fourth-order valence-electron chi connectivity index (χ4n) is 2.93. The van der Waals surface area contributed by atoms with Crippen molar-refractivity contribution in [2.45, 2.75) is 26.3 Å². The van der Waals surface area contributed by atoms with Crippen molar-refractivity contribution in [3.8, 4) is 11.4 Å². The Morgan fingerprint density at radius 1 is 1.24 bits per heavy atom. The van der Waals surface area contributed by atoms with Crippen LogP contribution in [0.15, 0.2) is 48.8 Å². The van der Waals surface area contributed by atoms with Crippen LogP contribution in [0.5, 0.6) is 0 Å². The molecule has 0 aliphatic heterocycles. The van der Waals surface area contributed by atoms with Gasteiger partial charge in [0.15, 0.2) is 5.82 Å². The monoisotopic (exact) mass is 335 g/mol. The molecule has 2 heterocycles. The van der Waals surface area contributed by atoms with Gasteiger partial charge in [-0.15, -0.1) is 0 Å². The first-order valence-corrected chi connectivity index (χ1v) is 8.26. The van der Waals surface area contributed by atoms with Gasteiger partial charge < -0.3 is 4.90 Å². The van der Waals surface area contributed by atoms with Crippen LogP contribution in [0.4, 0.5) is 0 Å². The van der Waals surface area contributed by atoms with Gasteiger partial charge in [0, 0.05) is 30.6 Å². The van der Waals surface area contributed by atoms with Gasteiger partial charge >= 0.3 is 0 Å². The maximum absolute atomic E-state index is 13.0. The van der Waals surface area contributed by atoms with Gasteiger partial charge in [-0.05, 0) is 43.2 Å². The molecule has 128 valence electrons. The second-order valence-electron chi connectivity index (χ2n) is 5.95. The largest absolute Gasteiger partial charge is 0.335 e. The van der Waals surface area contributed by atoms with Crippen LogP contribution in [-0.4, -0.2) is 38.0 Å². The maximum Gasteiger partial charge on any atom is 0.254 e. The maximum atomic E-state index is 13.0. The van der Waals surface area contributed by atoms with Gasteiger partial charge in [0.2, 0.25) is 0 Å². The standard InChI is InChI=1S/C19H21N5O/c1-4-17(14-8-10-20-11-9-14)24(3)19(25)16-7-5-6-15(12-16)18-21-13(2)22-23-18/h5-12,17H,4H2,1-3H3,(H,21,22,23)/t17-/m1/s1. The molecule has 0 fully saturated rings. The van der Waals surface area contributed by atoms with Crippen molar-refractivity contribution < 1.29 is 4.79 Å². The number of carbonyl (C=O) groups is 1. The van der Waals surface area contributed by atoms with E-state index >= 15 is 0 Å². The molecule has 3 aromatic rings. The first-order chi connectivity index (χ1) is 12.1. The molecule has 25 heavy (non-hydrogen) atoms. The van der Waals surface area contributed by atoms with Crippen LogP contribution in [0.1, 0.15) is 41.1 Å². The highest BCUT2D eigenvalue weighted by molar-refractivity contribution is 5.95. The molecule has 0 saturated carbocycles. The Balaban J connectivity index is 1.87. The summed E-state index contributed by atoms with van der Waals surface area (Å²) >= 11 is 0. The van der Waals surface area contributed by atoms with Crippen LogP contribution in [0.25, 0.3) is 11.4 Å². The molecule has 1 N–H and O–H groups in total. The molecular formula is C19H21N5O. The van der Waals surface area contributed by atoms with Crippen molar-refractivity contribution in [2.24, 2.45) is 0 Å². The molecule has 2 aromatic heterocycles. The number of rotatable bonds is 5. The Labute approximate surface area is 146 Å². The van der Waals surface area contributed by atoms with Crippen LogP contribution >= 0.6 is 0 Å². The Kier molecular flexibility index (Phi) is 4.88. The molecule has 6 heteroatoms. The highest BCUT2D eigenvalue weighted by Gasteiger charge is 2.21. The van der Waals surface area contributed by atoms with Crippen LogP contribution in [0.2, 0.25) is 0 Å². The molecule has 0 unspecified atom stereocenters. The molecule has 1 atom stereocenters. The van der Waals surface area contributed by atoms with Crippen molar-refractivity contribution in [1.82, 2.24) is 25.1 Å². The van der Waals surface area contributed by atoms with Crippen molar-refractivity contribution in [3.63, 3.8) is 0 Å². The van der Waals surface area contributed by atoms with E-state index in [-0.39, 0.29) is 11.9 Å². The lowest BCUT2D eigenvalue weighted by Crippen LogP contribution is -2.31. The number of H-pyrrole nitrogens is 1. The van der Waals surface area contributed by atoms with Crippen LogP contribution in [0, 0.1) is 6.92 Å². The summed E-state index contributed by atoms with van der Waals surface area (Å²) < 4.78 is 0. The molecule has 0 aliphatic rings. The predicted molar refractivity (Wildman–Crippen MR) is 95.9 cm³/mol. The molecular weight excluding hydrogens is 314 g/mol. The lowest BCUT2D eigenvalue weighted by molar-refractivity contribution is 0.0726. The number of aromatic amines is 1. The van der Waals surface area contributed by atoms with E-state index in [1.54, 1.807) is 17.3 Å². The van der Waals surface area contributed by atoms with Crippen LogP contribution in [-0.2, 0) is 0 Å². The second kappa shape index (κ2) is 7.25. The van der Waals surface area contributed by atoms with Crippen molar-refractivity contribution in [2.75, 3.05) is 7.05 Å². The summed E-state index contributed by atoms with van der Waals surface area (Å²) in [4.78, 5) is 23.1. The zero-order valence-corrected chi connectivity index (χ0v) is 14.6. The van der Waals surface area contributed by atoms with Crippen LogP contribution in [0.3, 0.4) is 0 Å². The molecule has 3 rings (SSSR count). The zero-order chi connectivity index (χ0) is 17.8. The molecule has 0 aliphatic carbocycles. The van der Waals surface area contributed by atoms with Gasteiger partial charge in [-0.25, -0.2) is 4.98 Å². The Bertz CT molecular complexity index is 859. The first-order valence-electron chi connectivity index (χ1n) is 8.26. The Morgan fingerprint density at radius 3 is 2.64 bits per heavy atom. The van der Waals surface area contributed by atoms with Crippen LogP contribution < -0.4 is 0 Å². The molecule has 6 nitrogen and oxygen atoms in total. The number of benzene rings is 1. The predicted octanol–water partition coefficient (Wildman–Crippen LogP) is 3.40. The number of carbonyl (C=O) groups excluding carboxylic acids is 1. The number of hydrogen-bond donors (Lipinski definition) is 1. The lowest BCUT2D eigenvalue weighted by Gasteiger charge is -2.28. The Hall–Kier alpha value is -3.02. The molecule has 0 spiro atoms. The topological polar surface area (TPSA) is 74.8 Å². The third-order valence-corrected chi connectivity index (χ3v) is 4.23. The van der Waals surface area contributed by atoms with E-state index in [0.29, 0.717) is 11.4 Å². The summed E-state index contributed by atoms with van der Waals surface area (Å²) in [5, 5.41) is 6.99. The SMILES string of the molecule is CC[C@H](c1ccncc1)N(C)C(=O)c1cccc(-c2n[nH]c(C)n2)c1. The molecule has 1 amide bonds. The van der Waals surface area contributed by atoms with Crippen molar-refractivity contribution in [1.29, 1.82) is 0 Å². The minimum absolute atomic E-state index is 0.00455. The van der Waals surface area contributed by atoms with Gasteiger partial charge in [-0.2, -0.15) is 5.10 Å². The van der Waals surface area contributed by atoms with E-state index in [0.717, 1.165) is 23.4 Å². The van der Waals surface area contributed by atoms with Gasteiger partial charge in [-0.1, -0.05) is 19.1 Å². The second-order valence-corrected chi connectivity index (χ2v) is 5.95. The summed E-state index contributed by atoms with van der Waals surface area (Å²) in [5.74, 6) is 1.31. The average Bonchev–Trinajstić information content (AvgIpc) is 3.09. The zero-order valence-electron chi connectivity index (χ0n) is 14.6. The van der Waals surface area contributed by atoms with Crippen molar-refractivity contribution >= 4 is 5.91 Å². The smallest absolute Gasteiger partial charge is 0.254 e. The molecule has 0 radical (unpaired) electrons. The molecule has 1 aromatic carbocycles.